The van der Waals surface area contributed by atoms with Gasteiger partial charge in [-0.3, -0.25) is 19.3 Å². The zero-order valence-corrected chi connectivity index (χ0v) is 17.2. The molecule has 0 saturated carbocycles. The highest BCUT2D eigenvalue weighted by Crippen LogP contribution is 2.29. The van der Waals surface area contributed by atoms with Crippen LogP contribution in [0.3, 0.4) is 0 Å². The van der Waals surface area contributed by atoms with Crippen LogP contribution in [0.1, 0.15) is 43.4 Å². The van der Waals surface area contributed by atoms with Gasteiger partial charge in [0.25, 0.3) is 11.8 Å². The normalized spacial score (nSPS) is 13.8. The molecule has 1 N–H and O–H groups in total. The molecule has 0 spiro atoms. The molecule has 0 saturated heterocycles. The highest BCUT2D eigenvalue weighted by atomic mass is 19.4. The molecule has 3 aromatic rings. The smallest absolute Gasteiger partial charge is 0.348 e. The second-order valence-corrected chi connectivity index (χ2v) is 7.44. The average molecular weight is 443 g/mol. The Morgan fingerprint density at radius 1 is 1.12 bits per heavy atom. The Balaban J connectivity index is 1.48. The Labute approximate surface area is 181 Å². The van der Waals surface area contributed by atoms with E-state index in [1.807, 2.05) is 12.1 Å². The van der Waals surface area contributed by atoms with Gasteiger partial charge in [0.05, 0.1) is 30.0 Å². The van der Waals surface area contributed by atoms with Crippen LogP contribution in [-0.4, -0.2) is 38.0 Å². The first kappa shape index (κ1) is 21.5. The van der Waals surface area contributed by atoms with Gasteiger partial charge in [-0.15, -0.1) is 0 Å². The predicted octanol–water partition coefficient (Wildman–Crippen LogP) is 3.19. The van der Waals surface area contributed by atoms with E-state index in [4.69, 9.17) is 0 Å². The van der Waals surface area contributed by atoms with E-state index in [1.54, 1.807) is 28.8 Å². The van der Waals surface area contributed by atoms with Gasteiger partial charge >= 0.3 is 6.18 Å². The van der Waals surface area contributed by atoms with Crippen LogP contribution >= 0.6 is 0 Å². The Hall–Kier alpha value is -3.69. The number of alkyl halides is 3. The van der Waals surface area contributed by atoms with Crippen LogP contribution in [0.15, 0.2) is 48.7 Å². The second kappa shape index (κ2) is 8.45. The number of aryl methyl sites for hydroxylation is 1. The van der Waals surface area contributed by atoms with Crippen molar-refractivity contribution in [3.05, 3.63) is 82.4 Å². The molecule has 10 heteroatoms. The number of rotatable bonds is 5. The number of carbonyl (C=O) groups is 2. The molecule has 3 heterocycles. The molecule has 0 atom stereocenters. The predicted molar refractivity (Wildman–Crippen MR) is 109 cm³/mol. The third-order valence-electron chi connectivity index (χ3n) is 5.30. The number of nitrogens with one attached hydrogen (secondary N) is 1. The van der Waals surface area contributed by atoms with E-state index in [2.05, 4.69) is 15.4 Å². The van der Waals surface area contributed by atoms with E-state index in [1.165, 1.54) is 0 Å². The number of pyridine rings is 1. The first-order chi connectivity index (χ1) is 15.2. The number of aromatic nitrogens is 3. The minimum Gasteiger partial charge on any atom is -0.348 e. The van der Waals surface area contributed by atoms with Crippen LogP contribution < -0.4 is 5.32 Å². The molecule has 0 aliphatic carbocycles. The molecule has 32 heavy (non-hydrogen) atoms. The van der Waals surface area contributed by atoms with Crippen molar-refractivity contribution >= 4 is 11.8 Å². The number of benzene rings is 1. The maximum absolute atomic E-state index is 13.1. The molecule has 0 fully saturated rings. The van der Waals surface area contributed by atoms with E-state index < -0.39 is 17.6 Å². The number of nitrogens with zero attached hydrogens (tertiary/aromatic N) is 4. The van der Waals surface area contributed by atoms with Gasteiger partial charge in [0.1, 0.15) is 5.69 Å². The first-order valence-electron chi connectivity index (χ1n) is 9.95. The lowest BCUT2D eigenvalue weighted by molar-refractivity contribution is -0.137. The van der Waals surface area contributed by atoms with Crippen LogP contribution in [0.2, 0.25) is 0 Å². The number of fused-ring (bicyclic) bond motifs is 1. The molecule has 1 aromatic carbocycles. The lowest BCUT2D eigenvalue weighted by atomic mass is 10.1. The molecule has 0 bridgehead atoms. The topological polar surface area (TPSA) is 80.1 Å². The van der Waals surface area contributed by atoms with Gasteiger partial charge in [0.2, 0.25) is 0 Å². The van der Waals surface area contributed by atoms with Crippen LogP contribution in [0.25, 0.3) is 0 Å². The molecule has 166 valence electrons. The molecule has 1 aliphatic rings. The summed E-state index contributed by atoms with van der Waals surface area (Å²) in [6, 6.07) is 9.47. The molecule has 2 amide bonds. The summed E-state index contributed by atoms with van der Waals surface area (Å²) in [7, 11) is 0. The zero-order chi connectivity index (χ0) is 22.9. The summed E-state index contributed by atoms with van der Waals surface area (Å²) in [5, 5.41) is 7.09. The van der Waals surface area contributed by atoms with Gasteiger partial charge in [-0.2, -0.15) is 18.3 Å². The Kier molecular flexibility index (Phi) is 5.68. The minimum absolute atomic E-state index is 0.0319. The molecule has 0 radical (unpaired) electrons. The van der Waals surface area contributed by atoms with E-state index >= 15 is 0 Å². The molecule has 1 aliphatic heterocycles. The van der Waals surface area contributed by atoms with Crippen molar-refractivity contribution in [2.75, 3.05) is 6.54 Å². The van der Waals surface area contributed by atoms with Crippen molar-refractivity contribution in [1.29, 1.82) is 0 Å². The average Bonchev–Trinajstić information content (AvgIpc) is 3.10. The third kappa shape index (κ3) is 4.34. The standard InChI is InChI=1S/C22H20F3N5O2/c1-14-18(12-27-20(31)15-5-7-16(8-6-15)22(23,24)25)19-21(32)29(10-11-30(19)28-14)13-17-4-2-3-9-26-17/h2-9H,10-13H2,1H3,(H,27,31). The number of hydrogen-bond donors (Lipinski definition) is 1. The summed E-state index contributed by atoms with van der Waals surface area (Å²) in [4.78, 5) is 31.5. The van der Waals surface area contributed by atoms with Gasteiger partial charge in [0.15, 0.2) is 0 Å². The Bertz CT molecular complexity index is 1140. The highest BCUT2D eigenvalue weighted by Gasteiger charge is 2.31. The molecule has 0 unspecified atom stereocenters. The summed E-state index contributed by atoms with van der Waals surface area (Å²) in [6.07, 6.45) is -2.80. The fourth-order valence-corrected chi connectivity index (χ4v) is 3.62. The summed E-state index contributed by atoms with van der Waals surface area (Å²) >= 11 is 0. The van der Waals surface area contributed by atoms with E-state index in [0.717, 1.165) is 30.0 Å². The van der Waals surface area contributed by atoms with Crippen LogP contribution in [0.5, 0.6) is 0 Å². The number of hydrogen-bond acceptors (Lipinski definition) is 4. The summed E-state index contributed by atoms with van der Waals surface area (Å²) < 4.78 is 39.8. The zero-order valence-electron chi connectivity index (χ0n) is 17.2. The lowest BCUT2D eigenvalue weighted by Gasteiger charge is -2.28. The molecule has 7 nitrogen and oxygen atoms in total. The maximum Gasteiger partial charge on any atom is 0.416 e. The van der Waals surface area contributed by atoms with Crippen molar-refractivity contribution in [2.24, 2.45) is 0 Å². The number of carbonyl (C=O) groups excluding carboxylic acids is 2. The van der Waals surface area contributed by atoms with Crippen molar-refractivity contribution in [3.8, 4) is 0 Å². The lowest BCUT2D eigenvalue weighted by Crippen LogP contribution is -2.41. The van der Waals surface area contributed by atoms with Crippen molar-refractivity contribution < 1.29 is 22.8 Å². The number of amides is 2. The van der Waals surface area contributed by atoms with Gasteiger partial charge in [0, 0.05) is 30.4 Å². The molecular weight excluding hydrogens is 423 g/mol. The molecule has 2 aromatic heterocycles. The van der Waals surface area contributed by atoms with Crippen LogP contribution in [-0.2, 0) is 25.8 Å². The summed E-state index contributed by atoms with van der Waals surface area (Å²) in [5.74, 6) is -0.743. The molecule has 4 rings (SSSR count). The monoisotopic (exact) mass is 443 g/mol. The molecular formula is C22H20F3N5O2. The van der Waals surface area contributed by atoms with Crippen LogP contribution in [0, 0.1) is 6.92 Å². The summed E-state index contributed by atoms with van der Waals surface area (Å²) in [6.45, 7) is 3.15. The number of halogens is 3. The minimum atomic E-state index is -4.47. The first-order valence-corrected chi connectivity index (χ1v) is 9.95. The van der Waals surface area contributed by atoms with Crippen molar-refractivity contribution in [1.82, 2.24) is 25.0 Å². The largest absolute Gasteiger partial charge is 0.416 e. The van der Waals surface area contributed by atoms with Crippen molar-refractivity contribution in [3.63, 3.8) is 0 Å². The maximum atomic E-state index is 13.1. The fourth-order valence-electron chi connectivity index (χ4n) is 3.62. The van der Waals surface area contributed by atoms with E-state index in [9.17, 15) is 22.8 Å². The summed E-state index contributed by atoms with van der Waals surface area (Å²) in [5.41, 5.74) is 1.64. The second-order valence-electron chi connectivity index (χ2n) is 7.44. The Morgan fingerprint density at radius 3 is 2.53 bits per heavy atom. The van der Waals surface area contributed by atoms with E-state index in [0.29, 0.717) is 36.6 Å². The van der Waals surface area contributed by atoms with Crippen LogP contribution in [0.4, 0.5) is 13.2 Å². The third-order valence-corrected chi connectivity index (χ3v) is 5.30. The highest BCUT2D eigenvalue weighted by molar-refractivity contribution is 5.96. The fraction of sp³-hybridized carbons (Fsp3) is 0.273. The van der Waals surface area contributed by atoms with Gasteiger partial charge in [-0.05, 0) is 43.3 Å². The SMILES string of the molecule is Cc1nn2c(c1CNC(=O)c1ccc(C(F)(F)F)cc1)C(=O)N(Cc1ccccn1)CC2. The quantitative estimate of drug-likeness (QED) is 0.657. The van der Waals surface area contributed by atoms with Gasteiger partial charge < -0.3 is 10.2 Å². The van der Waals surface area contributed by atoms with Crippen molar-refractivity contribution in [2.45, 2.75) is 32.7 Å². The van der Waals surface area contributed by atoms with E-state index in [-0.39, 0.29) is 18.0 Å². The Morgan fingerprint density at radius 2 is 1.88 bits per heavy atom. The van der Waals surface area contributed by atoms with Gasteiger partial charge in [-0.25, -0.2) is 0 Å². The van der Waals surface area contributed by atoms with Gasteiger partial charge in [-0.1, -0.05) is 6.07 Å².